The number of hydrogen-bond donors (Lipinski definition) is 1. The van der Waals surface area contributed by atoms with Gasteiger partial charge in [0, 0.05) is 42.5 Å². The van der Waals surface area contributed by atoms with Crippen molar-refractivity contribution in [3.05, 3.63) is 77.9 Å². The van der Waals surface area contributed by atoms with Crippen molar-refractivity contribution in [3.8, 4) is 17.2 Å². The van der Waals surface area contributed by atoms with Crippen LogP contribution < -0.4 is 29.3 Å². The minimum atomic E-state index is -0.177. The van der Waals surface area contributed by atoms with E-state index >= 15 is 0 Å². The highest BCUT2D eigenvalue weighted by atomic mass is 16.5. The van der Waals surface area contributed by atoms with Gasteiger partial charge in [-0.1, -0.05) is 38.1 Å². The molecule has 5 rings (SSSR count). The van der Waals surface area contributed by atoms with Gasteiger partial charge in [-0.2, -0.15) is 0 Å². The number of fused-ring (bicyclic) bond motifs is 1. The lowest BCUT2D eigenvalue weighted by Crippen LogP contribution is -2.57. The van der Waals surface area contributed by atoms with Gasteiger partial charge in [0.2, 0.25) is 5.91 Å². The SMILES string of the molecule is COc1ccccc1COCCCOc1ccc(N2C(=O)CNC[C@@H]2COc2ccc3c(c2)N(CCOC(=O)C(C)C)CCC3)cc1. The lowest BCUT2D eigenvalue weighted by molar-refractivity contribution is -0.147. The first-order chi connectivity index (χ1) is 22.9. The number of benzene rings is 3. The van der Waals surface area contributed by atoms with Crippen LogP contribution in [0.1, 0.15) is 37.8 Å². The van der Waals surface area contributed by atoms with Crippen LogP contribution >= 0.6 is 0 Å². The van der Waals surface area contributed by atoms with Gasteiger partial charge in [-0.15, -0.1) is 0 Å². The highest BCUT2D eigenvalue weighted by molar-refractivity contribution is 5.96. The van der Waals surface area contributed by atoms with E-state index in [0.717, 1.165) is 60.0 Å². The number of aryl methyl sites for hydroxylation is 1. The van der Waals surface area contributed by atoms with Gasteiger partial charge in [0.15, 0.2) is 0 Å². The Morgan fingerprint density at radius 2 is 1.79 bits per heavy atom. The second-order valence-corrected chi connectivity index (χ2v) is 12.1. The molecule has 10 heteroatoms. The Kier molecular flexibility index (Phi) is 12.3. The predicted molar refractivity (Wildman–Crippen MR) is 182 cm³/mol. The maximum Gasteiger partial charge on any atom is 0.308 e. The van der Waals surface area contributed by atoms with Gasteiger partial charge in [-0.05, 0) is 54.8 Å². The Hall–Kier alpha value is -4.28. The summed E-state index contributed by atoms with van der Waals surface area (Å²) in [5.74, 6) is 2.00. The number of rotatable bonds is 16. The Balaban J connectivity index is 1.11. The average molecular weight is 646 g/mol. The van der Waals surface area contributed by atoms with E-state index < -0.39 is 0 Å². The van der Waals surface area contributed by atoms with Crippen molar-refractivity contribution < 1.29 is 33.3 Å². The van der Waals surface area contributed by atoms with E-state index in [0.29, 0.717) is 46.1 Å². The summed E-state index contributed by atoms with van der Waals surface area (Å²) in [6.07, 6.45) is 2.81. The fourth-order valence-electron chi connectivity index (χ4n) is 5.84. The van der Waals surface area contributed by atoms with E-state index in [1.807, 2.05) is 73.3 Å². The molecule has 1 fully saturated rings. The molecule has 2 heterocycles. The van der Waals surface area contributed by atoms with E-state index in [-0.39, 0.29) is 30.4 Å². The standard InChI is InChI=1S/C37H47N3O7/c1-27(2)37(42)46-21-18-39-17-6-9-28-11-14-33(22-34(28)39)47-26-31-23-38-24-36(41)40(31)30-12-15-32(16-13-30)45-20-7-19-44-25-29-8-4-5-10-35(29)43-3/h4-5,8,10-16,22,27,31,38H,6-7,9,17-21,23-26H2,1-3H3/t31-/m1/s1. The van der Waals surface area contributed by atoms with Gasteiger partial charge in [-0.3, -0.25) is 9.59 Å². The second kappa shape index (κ2) is 17.0. The Morgan fingerprint density at radius 3 is 2.60 bits per heavy atom. The minimum absolute atomic E-state index is 0.00160. The second-order valence-electron chi connectivity index (χ2n) is 12.1. The number of carbonyl (C=O) groups is 2. The Labute approximate surface area is 277 Å². The maximum absolute atomic E-state index is 13.1. The zero-order valence-electron chi connectivity index (χ0n) is 27.7. The zero-order chi connectivity index (χ0) is 33.0. The maximum atomic E-state index is 13.1. The molecule has 0 unspecified atom stereocenters. The fraction of sp³-hybridized carbons (Fsp3) is 0.459. The van der Waals surface area contributed by atoms with E-state index in [2.05, 4.69) is 22.3 Å². The van der Waals surface area contributed by atoms with Crippen molar-refractivity contribution in [3.63, 3.8) is 0 Å². The topological polar surface area (TPSA) is 98.8 Å². The third-order valence-electron chi connectivity index (χ3n) is 8.35. The molecule has 0 spiro atoms. The number of piperazine rings is 1. The summed E-state index contributed by atoms with van der Waals surface area (Å²) in [6.45, 7) is 8.41. The molecule has 3 aromatic rings. The Bertz CT molecular complexity index is 1460. The number of para-hydroxylation sites is 1. The summed E-state index contributed by atoms with van der Waals surface area (Å²) in [7, 11) is 1.66. The van der Waals surface area contributed by atoms with Crippen LogP contribution in [0.4, 0.5) is 11.4 Å². The normalized spacial score (nSPS) is 16.2. The number of anilines is 2. The molecule has 252 valence electrons. The third kappa shape index (κ3) is 9.39. The van der Waals surface area contributed by atoms with Gasteiger partial charge < -0.3 is 38.8 Å². The van der Waals surface area contributed by atoms with Gasteiger partial charge in [0.25, 0.3) is 0 Å². The summed E-state index contributed by atoms with van der Waals surface area (Å²) in [6, 6.07) is 21.5. The number of hydrogen-bond acceptors (Lipinski definition) is 9. The third-order valence-corrected chi connectivity index (χ3v) is 8.35. The summed E-state index contributed by atoms with van der Waals surface area (Å²) in [5, 5.41) is 3.23. The van der Waals surface area contributed by atoms with Gasteiger partial charge >= 0.3 is 5.97 Å². The minimum Gasteiger partial charge on any atom is -0.496 e. The Morgan fingerprint density at radius 1 is 0.979 bits per heavy atom. The molecule has 0 aliphatic carbocycles. The molecule has 1 atom stereocenters. The van der Waals surface area contributed by atoms with Crippen LogP contribution in [-0.2, 0) is 32.1 Å². The predicted octanol–water partition coefficient (Wildman–Crippen LogP) is 5.02. The summed E-state index contributed by atoms with van der Waals surface area (Å²) in [5.41, 5.74) is 4.20. The number of methoxy groups -OCH3 is 1. The summed E-state index contributed by atoms with van der Waals surface area (Å²) < 4.78 is 28.8. The molecule has 2 aliphatic heterocycles. The van der Waals surface area contributed by atoms with Crippen LogP contribution in [-0.4, -0.2) is 77.6 Å². The molecule has 0 saturated carbocycles. The van der Waals surface area contributed by atoms with Gasteiger partial charge in [-0.25, -0.2) is 0 Å². The molecule has 1 amide bonds. The quantitative estimate of drug-likeness (QED) is 0.170. The van der Waals surface area contributed by atoms with Crippen molar-refractivity contribution in [2.75, 3.05) is 69.5 Å². The molecule has 0 aromatic heterocycles. The first kappa shape index (κ1) is 34.1. The number of nitrogens with zero attached hydrogens (tertiary/aromatic N) is 2. The molecule has 47 heavy (non-hydrogen) atoms. The number of ether oxygens (including phenoxy) is 5. The van der Waals surface area contributed by atoms with E-state index in [9.17, 15) is 9.59 Å². The fourth-order valence-corrected chi connectivity index (χ4v) is 5.84. The van der Waals surface area contributed by atoms with Crippen molar-refractivity contribution in [1.29, 1.82) is 0 Å². The molecule has 0 radical (unpaired) electrons. The molecule has 1 N–H and O–H groups in total. The summed E-state index contributed by atoms with van der Waals surface area (Å²) >= 11 is 0. The molecule has 0 bridgehead atoms. The first-order valence-corrected chi connectivity index (χ1v) is 16.6. The van der Waals surface area contributed by atoms with Crippen molar-refractivity contribution >= 4 is 23.3 Å². The van der Waals surface area contributed by atoms with E-state index in [1.165, 1.54) is 5.56 Å². The molecule has 1 saturated heterocycles. The highest BCUT2D eigenvalue weighted by Gasteiger charge is 2.30. The van der Waals surface area contributed by atoms with Crippen LogP contribution in [0.15, 0.2) is 66.7 Å². The molecule has 3 aromatic carbocycles. The first-order valence-electron chi connectivity index (χ1n) is 16.6. The van der Waals surface area contributed by atoms with Crippen LogP contribution in [0.3, 0.4) is 0 Å². The van der Waals surface area contributed by atoms with Crippen LogP contribution in [0.25, 0.3) is 0 Å². The van der Waals surface area contributed by atoms with Crippen LogP contribution in [0.2, 0.25) is 0 Å². The average Bonchev–Trinajstić information content (AvgIpc) is 3.09. The molecule has 10 nitrogen and oxygen atoms in total. The number of amides is 1. The van der Waals surface area contributed by atoms with Gasteiger partial charge in [0.1, 0.15) is 30.5 Å². The van der Waals surface area contributed by atoms with Crippen LogP contribution in [0.5, 0.6) is 17.2 Å². The molecular weight excluding hydrogens is 598 g/mol. The van der Waals surface area contributed by atoms with Crippen LogP contribution in [0, 0.1) is 5.92 Å². The highest BCUT2D eigenvalue weighted by Crippen LogP contribution is 2.31. The lowest BCUT2D eigenvalue weighted by Gasteiger charge is -2.36. The van der Waals surface area contributed by atoms with Gasteiger partial charge in [0.05, 0.1) is 52.0 Å². The van der Waals surface area contributed by atoms with E-state index in [1.54, 1.807) is 7.11 Å². The number of nitrogens with one attached hydrogen (secondary N) is 1. The largest absolute Gasteiger partial charge is 0.496 e. The summed E-state index contributed by atoms with van der Waals surface area (Å²) in [4.78, 5) is 29.0. The smallest absolute Gasteiger partial charge is 0.308 e. The molecule has 2 aliphatic rings. The molecular formula is C37H47N3O7. The van der Waals surface area contributed by atoms with Crippen molar-refractivity contribution in [2.45, 2.75) is 45.8 Å². The van der Waals surface area contributed by atoms with Crippen molar-refractivity contribution in [2.24, 2.45) is 5.92 Å². The monoisotopic (exact) mass is 645 g/mol. The lowest BCUT2D eigenvalue weighted by atomic mass is 10.0. The number of carbonyl (C=O) groups excluding carboxylic acids is 2. The zero-order valence-corrected chi connectivity index (χ0v) is 27.7. The van der Waals surface area contributed by atoms with Crippen molar-refractivity contribution in [1.82, 2.24) is 5.32 Å². The number of esters is 1. The van der Waals surface area contributed by atoms with E-state index in [4.69, 9.17) is 23.7 Å².